The van der Waals surface area contributed by atoms with Crippen molar-refractivity contribution >= 4 is 17.6 Å². The van der Waals surface area contributed by atoms with Crippen molar-refractivity contribution in [1.29, 1.82) is 0 Å². The van der Waals surface area contributed by atoms with Gasteiger partial charge in [0.1, 0.15) is 5.75 Å². The molecule has 0 heterocycles. The molecule has 4 heteroatoms. The number of rotatable bonds is 5. The van der Waals surface area contributed by atoms with Gasteiger partial charge in [-0.3, -0.25) is 4.79 Å². The Morgan fingerprint density at radius 2 is 1.70 bits per heavy atom. The first-order chi connectivity index (χ1) is 9.54. The molecule has 2 N–H and O–H groups in total. The molecule has 0 aromatic heterocycles. The van der Waals surface area contributed by atoms with Gasteiger partial charge in [-0.05, 0) is 48.2 Å². The Morgan fingerprint density at radius 1 is 1.05 bits per heavy atom. The van der Waals surface area contributed by atoms with Gasteiger partial charge >= 0.3 is 5.97 Å². The molecule has 2 rings (SSSR count). The van der Waals surface area contributed by atoms with Gasteiger partial charge in [0.2, 0.25) is 0 Å². The number of aromatic hydroxyl groups is 1. The number of phenols is 1. The second-order valence-corrected chi connectivity index (χ2v) is 5.18. The molecule has 104 valence electrons. The van der Waals surface area contributed by atoms with E-state index in [-0.39, 0.29) is 5.75 Å². The maximum atomic E-state index is 11.4. The lowest BCUT2D eigenvalue weighted by atomic mass is 9.92. The standard InChI is InChI=1S/C16H15ClO3/c17-14-6-4-11(5-7-14)8-13(16(19)20)9-12-2-1-3-15(18)10-12/h1-7,10,13,18H,8-9H2,(H,19,20). The fraction of sp³-hybridized carbons (Fsp3) is 0.188. The van der Waals surface area contributed by atoms with E-state index in [1.54, 1.807) is 30.3 Å². The fourth-order valence-corrected chi connectivity index (χ4v) is 2.25. The Labute approximate surface area is 122 Å². The summed E-state index contributed by atoms with van der Waals surface area (Å²) in [5.41, 5.74) is 1.74. The van der Waals surface area contributed by atoms with Gasteiger partial charge in [0, 0.05) is 5.02 Å². The Morgan fingerprint density at radius 3 is 2.30 bits per heavy atom. The number of benzene rings is 2. The summed E-state index contributed by atoms with van der Waals surface area (Å²) in [6, 6.07) is 13.9. The molecular weight excluding hydrogens is 276 g/mol. The fourth-order valence-electron chi connectivity index (χ4n) is 2.12. The first-order valence-electron chi connectivity index (χ1n) is 6.30. The van der Waals surface area contributed by atoms with Crippen LogP contribution in [0, 0.1) is 5.92 Å². The van der Waals surface area contributed by atoms with Crippen LogP contribution in [0.3, 0.4) is 0 Å². The van der Waals surface area contributed by atoms with Crippen LogP contribution in [0.4, 0.5) is 0 Å². The number of carboxylic acids is 1. The van der Waals surface area contributed by atoms with Crippen molar-refractivity contribution in [3.63, 3.8) is 0 Å². The number of hydrogen-bond donors (Lipinski definition) is 2. The minimum absolute atomic E-state index is 0.151. The van der Waals surface area contributed by atoms with E-state index in [1.165, 1.54) is 0 Å². The average molecular weight is 291 g/mol. The van der Waals surface area contributed by atoms with E-state index in [9.17, 15) is 15.0 Å². The van der Waals surface area contributed by atoms with Crippen molar-refractivity contribution in [1.82, 2.24) is 0 Å². The van der Waals surface area contributed by atoms with Gasteiger partial charge in [-0.15, -0.1) is 0 Å². The SMILES string of the molecule is O=C(O)C(Cc1ccc(Cl)cc1)Cc1cccc(O)c1. The molecule has 0 amide bonds. The zero-order chi connectivity index (χ0) is 14.5. The van der Waals surface area contributed by atoms with Crippen molar-refractivity contribution in [2.45, 2.75) is 12.8 Å². The third-order valence-electron chi connectivity index (χ3n) is 3.14. The second kappa shape index (κ2) is 6.44. The number of halogens is 1. The predicted molar refractivity (Wildman–Crippen MR) is 78.1 cm³/mol. The summed E-state index contributed by atoms with van der Waals surface area (Å²) >= 11 is 5.81. The Hall–Kier alpha value is -2.00. The molecule has 0 saturated carbocycles. The summed E-state index contributed by atoms with van der Waals surface area (Å²) < 4.78 is 0. The largest absolute Gasteiger partial charge is 0.508 e. The summed E-state index contributed by atoms with van der Waals surface area (Å²) in [7, 11) is 0. The lowest BCUT2D eigenvalue weighted by Crippen LogP contribution is -2.19. The van der Waals surface area contributed by atoms with Crippen molar-refractivity contribution in [3.05, 3.63) is 64.7 Å². The zero-order valence-corrected chi connectivity index (χ0v) is 11.5. The molecule has 0 saturated heterocycles. The van der Waals surface area contributed by atoms with Gasteiger partial charge in [0.15, 0.2) is 0 Å². The summed E-state index contributed by atoms with van der Waals surface area (Å²) in [5.74, 6) is -1.22. The van der Waals surface area contributed by atoms with Crippen LogP contribution in [0.15, 0.2) is 48.5 Å². The van der Waals surface area contributed by atoms with E-state index in [0.29, 0.717) is 17.9 Å². The molecule has 0 bridgehead atoms. The Bertz CT molecular complexity index is 593. The number of phenolic OH excluding ortho intramolecular Hbond substituents is 1. The smallest absolute Gasteiger partial charge is 0.307 e. The highest BCUT2D eigenvalue weighted by molar-refractivity contribution is 6.30. The number of aliphatic carboxylic acids is 1. The maximum absolute atomic E-state index is 11.4. The quantitative estimate of drug-likeness (QED) is 0.885. The molecule has 20 heavy (non-hydrogen) atoms. The zero-order valence-electron chi connectivity index (χ0n) is 10.8. The first-order valence-corrected chi connectivity index (χ1v) is 6.67. The van der Waals surface area contributed by atoms with Crippen LogP contribution in [-0.2, 0) is 17.6 Å². The number of hydrogen-bond acceptors (Lipinski definition) is 2. The van der Waals surface area contributed by atoms with Crippen molar-refractivity contribution < 1.29 is 15.0 Å². The molecule has 3 nitrogen and oxygen atoms in total. The molecule has 2 aromatic carbocycles. The molecule has 1 unspecified atom stereocenters. The Balaban J connectivity index is 2.11. The third-order valence-corrected chi connectivity index (χ3v) is 3.39. The van der Waals surface area contributed by atoms with Gasteiger partial charge in [-0.25, -0.2) is 0 Å². The molecule has 0 aliphatic heterocycles. The van der Waals surface area contributed by atoms with Crippen LogP contribution in [0.2, 0.25) is 5.02 Å². The van der Waals surface area contributed by atoms with E-state index in [4.69, 9.17) is 11.6 Å². The predicted octanol–water partition coefficient (Wildman–Crippen LogP) is 3.53. The van der Waals surface area contributed by atoms with Crippen LogP contribution in [0.25, 0.3) is 0 Å². The molecule has 0 aliphatic carbocycles. The van der Waals surface area contributed by atoms with E-state index in [2.05, 4.69) is 0 Å². The number of carbonyl (C=O) groups is 1. The van der Waals surface area contributed by atoms with Crippen molar-refractivity contribution in [2.24, 2.45) is 5.92 Å². The lowest BCUT2D eigenvalue weighted by Gasteiger charge is -2.13. The van der Waals surface area contributed by atoms with Gasteiger partial charge in [-0.1, -0.05) is 35.9 Å². The minimum atomic E-state index is -0.844. The van der Waals surface area contributed by atoms with Crippen LogP contribution >= 0.6 is 11.6 Å². The molecule has 0 aliphatic rings. The van der Waals surface area contributed by atoms with Crippen LogP contribution in [0.1, 0.15) is 11.1 Å². The Kier molecular flexibility index (Phi) is 4.64. The highest BCUT2D eigenvalue weighted by Gasteiger charge is 2.18. The van der Waals surface area contributed by atoms with E-state index < -0.39 is 11.9 Å². The lowest BCUT2D eigenvalue weighted by molar-refractivity contribution is -0.141. The van der Waals surface area contributed by atoms with Crippen molar-refractivity contribution in [2.75, 3.05) is 0 Å². The highest BCUT2D eigenvalue weighted by atomic mass is 35.5. The molecule has 0 radical (unpaired) electrons. The molecular formula is C16H15ClO3. The first kappa shape index (κ1) is 14.4. The van der Waals surface area contributed by atoms with Gasteiger partial charge < -0.3 is 10.2 Å². The summed E-state index contributed by atoms with van der Waals surface area (Å²) in [5, 5.41) is 19.4. The van der Waals surface area contributed by atoms with Gasteiger partial charge in [0.25, 0.3) is 0 Å². The maximum Gasteiger partial charge on any atom is 0.307 e. The molecule has 2 aromatic rings. The normalized spacial score (nSPS) is 12.1. The minimum Gasteiger partial charge on any atom is -0.508 e. The van der Waals surface area contributed by atoms with Gasteiger partial charge in [-0.2, -0.15) is 0 Å². The monoisotopic (exact) mass is 290 g/mol. The van der Waals surface area contributed by atoms with Crippen LogP contribution in [-0.4, -0.2) is 16.2 Å². The molecule has 0 spiro atoms. The van der Waals surface area contributed by atoms with Gasteiger partial charge in [0.05, 0.1) is 5.92 Å². The molecule has 1 atom stereocenters. The van der Waals surface area contributed by atoms with Crippen LogP contribution < -0.4 is 0 Å². The van der Waals surface area contributed by atoms with Crippen LogP contribution in [0.5, 0.6) is 5.75 Å². The molecule has 0 fully saturated rings. The van der Waals surface area contributed by atoms with E-state index in [0.717, 1.165) is 11.1 Å². The highest BCUT2D eigenvalue weighted by Crippen LogP contribution is 2.19. The van der Waals surface area contributed by atoms with E-state index >= 15 is 0 Å². The average Bonchev–Trinajstić information content (AvgIpc) is 2.40. The summed E-state index contributed by atoms with van der Waals surface area (Å²) in [6.07, 6.45) is 0.814. The third kappa shape index (κ3) is 4.00. The summed E-state index contributed by atoms with van der Waals surface area (Å²) in [4.78, 5) is 11.4. The number of carboxylic acid groups (broad SMARTS) is 1. The second-order valence-electron chi connectivity index (χ2n) is 4.74. The summed E-state index contributed by atoms with van der Waals surface area (Å²) in [6.45, 7) is 0. The van der Waals surface area contributed by atoms with E-state index in [1.807, 2.05) is 18.2 Å². The topological polar surface area (TPSA) is 57.5 Å². The van der Waals surface area contributed by atoms with Crippen molar-refractivity contribution in [3.8, 4) is 5.75 Å².